The minimum Gasteiger partial charge on any atom is -0.494 e. The van der Waals surface area contributed by atoms with Gasteiger partial charge in [-0.15, -0.1) is 0 Å². The predicted octanol–water partition coefficient (Wildman–Crippen LogP) is 3.79. The van der Waals surface area contributed by atoms with E-state index in [2.05, 4.69) is 27.9 Å². The Labute approximate surface area is 135 Å². The molecule has 104 valence electrons. The molecule has 0 radical (unpaired) electrons. The van der Waals surface area contributed by atoms with E-state index in [1.165, 1.54) is 7.11 Å². The first-order valence-electron chi connectivity index (χ1n) is 5.71. The lowest BCUT2D eigenvalue weighted by atomic mass is 10.2. The highest BCUT2D eigenvalue weighted by atomic mass is 127. The average Bonchev–Trinajstić information content (AvgIpc) is 2.41. The minimum atomic E-state index is -0.256. The molecule has 2 aromatic carbocycles. The molecular formula is C14H12ClIN2O2. The van der Waals surface area contributed by atoms with E-state index in [1.807, 2.05) is 12.1 Å². The molecule has 1 amide bonds. The summed E-state index contributed by atoms with van der Waals surface area (Å²) in [4.78, 5) is 12.2. The molecule has 4 nitrogen and oxygen atoms in total. The summed E-state index contributed by atoms with van der Waals surface area (Å²) in [7, 11) is 1.49. The van der Waals surface area contributed by atoms with Crippen LogP contribution in [-0.4, -0.2) is 13.0 Å². The number of hydrogen-bond acceptors (Lipinski definition) is 3. The van der Waals surface area contributed by atoms with E-state index >= 15 is 0 Å². The van der Waals surface area contributed by atoms with Crippen molar-refractivity contribution in [2.45, 2.75) is 0 Å². The number of nitrogens with two attached hydrogens (primary N) is 1. The smallest absolute Gasteiger partial charge is 0.255 e. The Morgan fingerprint density at radius 2 is 2.10 bits per heavy atom. The van der Waals surface area contributed by atoms with Gasteiger partial charge in [0, 0.05) is 20.9 Å². The molecule has 20 heavy (non-hydrogen) atoms. The summed E-state index contributed by atoms with van der Waals surface area (Å²) >= 11 is 8.25. The second-order valence-corrected chi connectivity index (χ2v) is 5.70. The highest BCUT2D eigenvalue weighted by Crippen LogP contribution is 2.35. The quantitative estimate of drug-likeness (QED) is 0.606. The summed E-state index contributed by atoms with van der Waals surface area (Å²) in [6, 6.07) is 10.4. The van der Waals surface area contributed by atoms with Gasteiger partial charge in [0.2, 0.25) is 0 Å². The minimum absolute atomic E-state index is 0.256. The number of nitrogens with one attached hydrogen (secondary N) is 1. The van der Waals surface area contributed by atoms with E-state index < -0.39 is 0 Å². The number of halogens is 2. The number of benzene rings is 2. The first-order chi connectivity index (χ1) is 9.51. The van der Waals surface area contributed by atoms with Crippen LogP contribution in [0.4, 0.5) is 11.4 Å². The Kier molecular flexibility index (Phi) is 4.72. The summed E-state index contributed by atoms with van der Waals surface area (Å²) in [5.41, 5.74) is 7.12. The van der Waals surface area contributed by atoms with Crippen molar-refractivity contribution in [2.75, 3.05) is 18.2 Å². The molecule has 0 fully saturated rings. The maximum atomic E-state index is 12.2. The molecule has 0 aromatic heterocycles. The van der Waals surface area contributed by atoms with Crippen LogP contribution < -0.4 is 15.8 Å². The van der Waals surface area contributed by atoms with Crippen LogP contribution >= 0.6 is 34.2 Å². The molecule has 3 N–H and O–H groups in total. The third kappa shape index (κ3) is 3.34. The van der Waals surface area contributed by atoms with Crippen LogP contribution in [-0.2, 0) is 0 Å². The van der Waals surface area contributed by atoms with E-state index in [-0.39, 0.29) is 5.91 Å². The Morgan fingerprint density at radius 3 is 2.75 bits per heavy atom. The van der Waals surface area contributed by atoms with Gasteiger partial charge in [-0.25, -0.2) is 0 Å². The number of anilines is 2. The highest BCUT2D eigenvalue weighted by Gasteiger charge is 2.14. The van der Waals surface area contributed by atoms with Gasteiger partial charge in [0.05, 0.1) is 12.1 Å². The number of carbonyl (C=O) groups excluding carboxylic acids is 1. The number of hydrogen-bond donors (Lipinski definition) is 2. The van der Waals surface area contributed by atoms with E-state index in [1.54, 1.807) is 24.3 Å². The molecule has 6 heteroatoms. The van der Waals surface area contributed by atoms with Crippen molar-refractivity contribution in [2.24, 2.45) is 0 Å². The van der Waals surface area contributed by atoms with Crippen molar-refractivity contribution in [1.29, 1.82) is 0 Å². The molecule has 0 heterocycles. The molecule has 0 aliphatic rings. The zero-order chi connectivity index (χ0) is 14.7. The topological polar surface area (TPSA) is 64.3 Å². The normalized spacial score (nSPS) is 10.2. The maximum absolute atomic E-state index is 12.2. The molecule has 0 aliphatic heterocycles. The maximum Gasteiger partial charge on any atom is 0.255 e. The van der Waals surface area contributed by atoms with Gasteiger partial charge in [0.1, 0.15) is 11.4 Å². The molecule has 0 spiro atoms. The van der Waals surface area contributed by atoms with Crippen molar-refractivity contribution >= 4 is 51.5 Å². The monoisotopic (exact) mass is 402 g/mol. The molecule has 0 saturated carbocycles. The third-order valence-electron chi connectivity index (χ3n) is 2.62. The molecule has 0 atom stereocenters. The Balaban J connectivity index is 2.32. The summed E-state index contributed by atoms with van der Waals surface area (Å²) in [5.74, 6) is 0.169. The van der Waals surface area contributed by atoms with Crippen molar-refractivity contribution in [3.8, 4) is 5.75 Å². The Bertz CT molecular complexity index is 662. The first-order valence-corrected chi connectivity index (χ1v) is 7.17. The van der Waals surface area contributed by atoms with Crippen molar-refractivity contribution < 1.29 is 9.53 Å². The lowest BCUT2D eigenvalue weighted by Crippen LogP contribution is -2.13. The van der Waals surface area contributed by atoms with E-state index in [9.17, 15) is 4.79 Å². The number of rotatable bonds is 3. The van der Waals surface area contributed by atoms with Gasteiger partial charge < -0.3 is 15.8 Å². The van der Waals surface area contributed by atoms with E-state index in [0.717, 1.165) is 3.57 Å². The van der Waals surface area contributed by atoms with Gasteiger partial charge in [-0.05, 0) is 46.9 Å². The SMILES string of the molecule is COc1cc(N)cc(Cl)c1NC(=O)c1cccc(I)c1. The van der Waals surface area contributed by atoms with Crippen LogP contribution in [0.25, 0.3) is 0 Å². The molecule has 2 rings (SSSR count). The number of nitrogen functional groups attached to an aromatic ring is 1. The van der Waals surface area contributed by atoms with Gasteiger partial charge in [-0.2, -0.15) is 0 Å². The van der Waals surface area contributed by atoms with Crippen LogP contribution in [0.15, 0.2) is 36.4 Å². The second-order valence-electron chi connectivity index (χ2n) is 4.04. The van der Waals surface area contributed by atoms with Gasteiger partial charge in [0.25, 0.3) is 5.91 Å². The summed E-state index contributed by atoms with van der Waals surface area (Å²) in [6.07, 6.45) is 0. The highest BCUT2D eigenvalue weighted by molar-refractivity contribution is 14.1. The van der Waals surface area contributed by atoms with Crippen molar-refractivity contribution in [3.05, 3.63) is 50.6 Å². The lowest BCUT2D eigenvalue weighted by Gasteiger charge is -2.13. The van der Waals surface area contributed by atoms with Crippen molar-refractivity contribution in [1.82, 2.24) is 0 Å². The molecule has 0 unspecified atom stereocenters. The molecular weight excluding hydrogens is 391 g/mol. The molecule has 0 saturated heterocycles. The van der Waals surface area contributed by atoms with E-state index in [4.69, 9.17) is 22.1 Å². The fraction of sp³-hybridized carbons (Fsp3) is 0.0714. The largest absolute Gasteiger partial charge is 0.494 e. The predicted molar refractivity (Wildman–Crippen MR) is 89.5 cm³/mol. The van der Waals surface area contributed by atoms with Crippen LogP contribution in [0.2, 0.25) is 5.02 Å². The molecule has 2 aromatic rings. The van der Waals surface area contributed by atoms with Crippen LogP contribution in [0.3, 0.4) is 0 Å². The van der Waals surface area contributed by atoms with Gasteiger partial charge >= 0.3 is 0 Å². The van der Waals surface area contributed by atoms with Crippen LogP contribution in [0, 0.1) is 3.57 Å². The van der Waals surface area contributed by atoms with Gasteiger partial charge in [-0.3, -0.25) is 4.79 Å². The average molecular weight is 403 g/mol. The van der Waals surface area contributed by atoms with Crippen LogP contribution in [0.1, 0.15) is 10.4 Å². The summed E-state index contributed by atoms with van der Waals surface area (Å²) < 4.78 is 6.16. The number of carbonyl (C=O) groups is 1. The van der Waals surface area contributed by atoms with Gasteiger partial charge in [-0.1, -0.05) is 17.7 Å². The second kappa shape index (κ2) is 6.32. The first kappa shape index (κ1) is 14.9. The zero-order valence-corrected chi connectivity index (χ0v) is 13.5. The fourth-order valence-electron chi connectivity index (χ4n) is 1.70. The third-order valence-corrected chi connectivity index (χ3v) is 3.59. The Morgan fingerprint density at radius 1 is 1.35 bits per heavy atom. The van der Waals surface area contributed by atoms with Gasteiger partial charge in [0.15, 0.2) is 0 Å². The fourth-order valence-corrected chi connectivity index (χ4v) is 2.51. The standard InChI is InChI=1S/C14H12ClIN2O2/c1-20-12-7-10(17)6-11(15)13(12)18-14(19)8-3-2-4-9(16)5-8/h2-7H,17H2,1H3,(H,18,19). The van der Waals surface area contributed by atoms with Crippen molar-refractivity contribution in [3.63, 3.8) is 0 Å². The summed E-state index contributed by atoms with van der Waals surface area (Å²) in [6.45, 7) is 0. The summed E-state index contributed by atoms with van der Waals surface area (Å²) in [5, 5.41) is 3.08. The number of methoxy groups -OCH3 is 1. The molecule has 0 bridgehead atoms. The number of amides is 1. The zero-order valence-electron chi connectivity index (χ0n) is 10.6. The molecule has 0 aliphatic carbocycles. The van der Waals surface area contributed by atoms with Crippen LogP contribution in [0.5, 0.6) is 5.75 Å². The Hall–Kier alpha value is -1.47. The van der Waals surface area contributed by atoms with E-state index in [0.29, 0.717) is 27.7 Å². The lowest BCUT2D eigenvalue weighted by molar-refractivity contribution is 0.102. The number of ether oxygens (including phenoxy) is 1.